The van der Waals surface area contributed by atoms with Crippen molar-refractivity contribution in [1.82, 2.24) is 19.8 Å². The zero-order valence-electron chi connectivity index (χ0n) is 18.8. The number of thiocarbonyl (C=S) groups is 1. The number of hydrogen-bond donors (Lipinski definition) is 2. The normalized spacial score (nSPS) is 17.4. The lowest BCUT2D eigenvalue weighted by Gasteiger charge is -2.28. The van der Waals surface area contributed by atoms with Gasteiger partial charge in [-0.15, -0.1) is 0 Å². The molecular weight excluding hydrogens is 442 g/mol. The molecule has 7 heteroatoms. The van der Waals surface area contributed by atoms with Crippen molar-refractivity contribution in [3.05, 3.63) is 114 Å². The molecule has 6 nitrogen and oxygen atoms in total. The molecule has 1 aliphatic heterocycles. The van der Waals surface area contributed by atoms with Crippen molar-refractivity contribution in [2.45, 2.75) is 19.0 Å². The quantitative estimate of drug-likeness (QED) is 0.399. The van der Waals surface area contributed by atoms with Crippen LogP contribution >= 0.6 is 12.2 Å². The molecule has 0 saturated carbocycles. The summed E-state index contributed by atoms with van der Waals surface area (Å²) in [4.78, 5) is 19.5. The minimum Gasteiger partial charge on any atom is -0.352 e. The van der Waals surface area contributed by atoms with Gasteiger partial charge in [-0.25, -0.2) is 0 Å². The number of hydrogen-bond acceptors (Lipinski definition) is 3. The maximum absolute atomic E-state index is 13.0. The molecule has 34 heavy (non-hydrogen) atoms. The number of amides is 1. The molecule has 0 bridgehead atoms. The summed E-state index contributed by atoms with van der Waals surface area (Å²) in [6.45, 7) is 2.19. The summed E-state index contributed by atoms with van der Waals surface area (Å²) in [5, 5.41) is 6.92. The third-order valence-electron chi connectivity index (χ3n) is 5.96. The van der Waals surface area contributed by atoms with Gasteiger partial charge in [-0.3, -0.25) is 9.78 Å². The van der Waals surface area contributed by atoms with Gasteiger partial charge in [0.25, 0.3) is 0 Å². The number of rotatable bonds is 6. The first-order valence-corrected chi connectivity index (χ1v) is 11.6. The fraction of sp³-hybridized carbons (Fsp3) is 0.148. The van der Waals surface area contributed by atoms with Crippen LogP contribution in [0.2, 0.25) is 0 Å². The maximum atomic E-state index is 13.0. The van der Waals surface area contributed by atoms with Crippen LogP contribution in [0.25, 0.3) is 5.69 Å². The Morgan fingerprint density at radius 1 is 1.00 bits per heavy atom. The van der Waals surface area contributed by atoms with E-state index in [1.54, 1.807) is 6.20 Å². The lowest BCUT2D eigenvalue weighted by atomic mass is 10.0. The van der Waals surface area contributed by atoms with E-state index in [4.69, 9.17) is 12.2 Å². The SMILES string of the molecule is Cc1ccc(-n2cccc2[C@H]2[C@H](c3ccccn3)NC(=S)N2CC(=O)Nc2ccccc2)cc1. The molecule has 1 saturated heterocycles. The predicted molar refractivity (Wildman–Crippen MR) is 138 cm³/mol. The molecule has 2 atom stereocenters. The second-order valence-electron chi connectivity index (χ2n) is 8.31. The van der Waals surface area contributed by atoms with Crippen LogP contribution in [-0.2, 0) is 4.79 Å². The molecule has 4 aromatic rings. The highest BCUT2D eigenvalue weighted by Crippen LogP contribution is 2.39. The van der Waals surface area contributed by atoms with Gasteiger partial charge in [-0.05, 0) is 67.7 Å². The van der Waals surface area contributed by atoms with Gasteiger partial charge in [-0.2, -0.15) is 0 Å². The van der Waals surface area contributed by atoms with Crippen LogP contribution in [-0.4, -0.2) is 32.0 Å². The Labute approximate surface area is 204 Å². The molecular formula is C27H25N5OS. The van der Waals surface area contributed by atoms with Crippen LogP contribution in [0.4, 0.5) is 5.69 Å². The van der Waals surface area contributed by atoms with Gasteiger partial charge in [0.1, 0.15) is 6.54 Å². The Morgan fingerprint density at radius 3 is 2.50 bits per heavy atom. The number of para-hydroxylation sites is 1. The highest BCUT2D eigenvalue weighted by molar-refractivity contribution is 7.80. The van der Waals surface area contributed by atoms with Crippen molar-refractivity contribution in [3.8, 4) is 5.69 Å². The molecule has 0 aliphatic carbocycles. The van der Waals surface area contributed by atoms with Crippen molar-refractivity contribution in [2.75, 3.05) is 11.9 Å². The van der Waals surface area contributed by atoms with E-state index in [0.29, 0.717) is 5.11 Å². The molecule has 1 fully saturated rings. The van der Waals surface area contributed by atoms with Gasteiger partial charge < -0.3 is 20.1 Å². The fourth-order valence-electron chi connectivity index (χ4n) is 4.35. The number of nitrogens with one attached hydrogen (secondary N) is 2. The first-order chi connectivity index (χ1) is 16.6. The molecule has 2 N–H and O–H groups in total. The summed E-state index contributed by atoms with van der Waals surface area (Å²) in [5.41, 5.74) is 4.91. The number of benzene rings is 2. The van der Waals surface area contributed by atoms with Crippen molar-refractivity contribution in [3.63, 3.8) is 0 Å². The summed E-state index contributed by atoms with van der Waals surface area (Å²) in [7, 11) is 0. The van der Waals surface area contributed by atoms with Gasteiger partial charge in [0.2, 0.25) is 5.91 Å². The molecule has 1 amide bonds. The van der Waals surface area contributed by atoms with E-state index in [-0.39, 0.29) is 24.5 Å². The predicted octanol–water partition coefficient (Wildman–Crippen LogP) is 4.79. The minimum absolute atomic E-state index is 0.119. The Kier molecular flexibility index (Phi) is 6.10. The Morgan fingerprint density at radius 2 is 1.76 bits per heavy atom. The lowest BCUT2D eigenvalue weighted by Crippen LogP contribution is -2.37. The van der Waals surface area contributed by atoms with E-state index >= 15 is 0 Å². The standard InChI is InChI=1S/C27H25N5OS/c1-19-12-14-21(15-13-19)31-17-7-11-23(31)26-25(22-10-5-6-16-28-22)30-27(34)32(26)18-24(33)29-20-8-3-2-4-9-20/h2-17,25-26H,18H2,1H3,(H,29,33)(H,30,34)/t25-,26-/m0/s1. The molecule has 1 aliphatic rings. The molecule has 3 heterocycles. The van der Waals surface area contributed by atoms with Crippen molar-refractivity contribution < 1.29 is 4.79 Å². The molecule has 0 spiro atoms. The Balaban J connectivity index is 1.51. The largest absolute Gasteiger partial charge is 0.352 e. The highest BCUT2D eigenvalue weighted by Gasteiger charge is 2.42. The first kappa shape index (κ1) is 21.9. The summed E-state index contributed by atoms with van der Waals surface area (Å²) in [6, 6.07) is 27.4. The van der Waals surface area contributed by atoms with Crippen LogP contribution in [0.1, 0.15) is 29.0 Å². The smallest absolute Gasteiger partial charge is 0.244 e. The summed E-state index contributed by atoms with van der Waals surface area (Å²) in [5.74, 6) is -0.129. The van der Waals surface area contributed by atoms with Gasteiger partial charge >= 0.3 is 0 Å². The van der Waals surface area contributed by atoms with Crippen molar-refractivity contribution >= 4 is 28.9 Å². The highest BCUT2D eigenvalue weighted by atomic mass is 32.1. The second kappa shape index (κ2) is 9.49. The fourth-order valence-corrected chi connectivity index (χ4v) is 4.65. The van der Waals surface area contributed by atoms with E-state index in [0.717, 1.165) is 22.8 Å². The van der Waals surface area contributed by atoms with Crippen LogP contribution in [0.5, 0.6) is 0 Å². The summed E-state index contributed by atoms with van der Waals surface area (Å²) in [6.07, 6.45) is 3.82. The van der Waals surface area contributed by atoms with Crippen LogP contribution in [0.3, 0.4) is 0 Å². The van der Waals surface area contributed by atoms with Crippen LogP contribution < -0.4 is 10.6 Å². The van der Waals surface area contributed by atoms with E-state index < -0.39 is 0 Å². The van der Waals surface area contributed by atoms with Crippen LogP contribution in [0.15, 0.2) is 97.3 Å². The van der Waals surface area contributed by atoms with E-state index in [1.807, 2.05) is 65.7 Å². The lowest BCUT2D eigenvalue weighted by molar-refractivity contribution is -0.116. The van der Waals surface area contributed by atoms with Gasteiger partial charge in [-0.1, -0.05) is 42.0 Å². The topological polar surface area (TPSA) is 62.2 Å². The molecule has 2 aromatic heterocycles. The summed E-state index contributed by atoms with van der Waals surface area (Å²) < 4.78 is 2.15. The molecule has 0 unspecified atom stereocenters. The second-order valence-corrected chi connectivity index (χ2v) is 8.69. The van der Waals surface area contributed by atoms with Gasteiger partial charge in [0.05, 0.1) is 17.8 Å². The number of carbonyl (C=O) groups excluding carboxylic acids is 1. The van der Waals surface area contributed by atoms with Crippen molar-refractivity contribution in [1.29, 1.82) is 0 Å². The van der Waals surface area contributed by atoms with Crippen LogP contribution in [0, 0.1) is 6.92 Å². The number of anilines is 1. The average Bonchev–Trinajstić information content (AvgIpc) is 3.45. The van der Waals surface area contributed by atoms with E-state index in [9.17, 15) is 4.79 Å². The third-order valence-corrected chi connectivity index (χ3v) is 6.32. The number of pyridine rings is 1. The zero-order valence-corrected chi connectivity index (χ0v) is 19.6. The van der Waals surface area contributed by atoms with Crippen molar-refractivity contribution in [2.24, 2.45) is 0 Å². The Bertz CT molecular complexity index is 1290. The number of nitrogens with zero attached hydrogens (tertiary/aromatic N) is 3. The molecule has 2 aromatic carbocycles. The average molecular weight is 468 g/mol. The molecule has 0 radical (unpaired) electrons. The molecule has 5 rings (SSSR count). The number of aryl methyl sites for hydroxylation is 1. The number of aromatic nitrogens is 2. The minimum atomic E-state index is -0.222. The number of carbonyl (C=O) groups is 1. The first-order valence-electron chi connectivity index (χ1n) is 11.2. The van der Waals surface area contributed by atoms with Gasteiger partial charge in [0, 0.05) is 29.5 Å². The summed E-state index contributed by atoms with van der Waals surface area (Å²) >= 11 is 5.73. The zero-order chi connectivity index (χ0) is 23.5. The maximum Gasteiger partial charge on any atom is 0.244 e. The third kappa shape index (κ3) is 4.43. The van der Waals surface area contributed by atoms with Gasteiger partial charge in [0.15, 0.2) is 5.11 Å². The monoisotopic (exact) mass is 467 g/mol. The van der Waals surface area contributed by atoms with E-state index in [1.165, 1.54) is 5.56 Å². The van der Waals surface area contributed by atoms with E-state index in [2.05, 4.69) is 57.4 Å². The Hall–Kier alpha value is -3.97. The molecule has 170 valence electrons.